The van der Waals surface area contributed by atoms with Crippen molar-refractivity contribution in [3.8, 4) is 0 Å². The van der Waals surface area contributed by atoms with Crippen LogP contribution in [-0.4, -0.2) is 20.5 Å². The van der Waals surface area contributed by atoms with Crippen LogP contribution in [0, 0.1) is 0 Å². The summed E-state index contributed by atoms with van der Waals surface area (Å²) in [7, 11) is 2.12. The number of thioether (sulfide) groups is 1. The lowest BCUT2D eigenvalue weighted by atomic mass is 10.1. The van der Waals surface area contributed by atoms with E-state index in [1.165, 1.54) is 95.6 Å². The molecule has 0 radical (unpaired) electrons. The molecular formula is C21H41N3S. The van der Waals surface area contributed by atoms with E-state index in [1.54, 1.807) is 0 Å². The zero-order valence-corrected chi connectivity index (χ0v) is 17.9. The molecule has 0 saturated heterocycles. The fourth-order valence-corrected chi connectivity index (χ4v) is 4.08. The van der Waals surface area contributed by atoms with E-state index in [1.807, 2.05) is 11.8 Å². The van der Waals surface area contributed by atoms with Crippen LogP contribution in [0.5, 0.6) is 0 Å². The predicted octanol–water partition coefficient (Wildman–Crippen LogP) is 6.95. The van der Waals surface area contributed by atoms with Gasteiger partial charge in [0.15, 0.2) is 5.16 Å². The molecule has 0 aromatic carbocycles. The van der Waals surface area contributed by atoms with Crippen LogP contribution in [0.3, 0.4) is 0 Å². The van der Waals surface area contributed by atoms with Crippen molar-refractivity contribution in [3.63, 3.8) is 0 Å². The van der Waals surface area contributed by atoms with Crippen LogP contribution in [0.4, 0.5) is 0 Å². The van der Waals surface area contributed by atoms with Crippen LogP contribution >= 0.6 is 11.8 Å². The average Bonchev–Trinajstić information content (AvgIpc) is 2.97. The molecule has 0 aliphatic rings. The molecule has 0 amide bonds. The van der Waals surface area contributed by atoms with Gasteiger partial charge in [0.1, 0.15) is 5.82 Å². The van der Waals surface area contributed by atoms with Crippen LogP contribution in [0.15, 0.2) is 5.16 Å². The topological polar surface area (TPSA) is 30.7 Å². The van der Waals surface area contributed by atoms with E-state index in [0.717, 1.165) is 17.4 Å². The highest BCUT2D eigenvalue weighted by Gasteiger charge is 2.08. The number of aryl methyl sites for hydroxylation is 1. The number of unbranched alkanes of at least 4 members (excludes halogenated alkanes) is 12. The smallest absolute Gasteiger partial charge is 0.190 e. The third-order valence-electron chi connectivity index (χ3n) is 4.91. The van der Waals surface area contributed by atoms with Gasteiger partial charge in [0.05, 0.1) is 0 Å². The molecule has 0 aliphatic carbocycles. The van der Waals surface area contributed by atoms with E-state index in [4.69, 9.17) is 0 Å². The van der Waals surface area contributed by atoms with Gasteiger partial charge in [-0.3, -0.25) is 0 Å². The summed E-state index contributed by atoms with van der Waals surface area (Å²) in [6.07, 6.45) is 20.2. The SMILES string of the molecule is CCCCCCCCCCCCSc1nnc(CCCCCC)n1C. The van der Waals surface area contributed by atoms with E-state index < -0.39 is 0 Å². The molecule has 0 unspecified atom stereocenters. The van der Waals surface area contributed by atoms with Gasteiger partial charge in [0.2, 0.25) is 0 Å². The van der Waals surface area contributed by atoms with Gasteiger partial charge in [-0.1, -0.05) is 103 Å². The van der Waals surface area contributed by atoms with Gasteiger partial charge in [-0.25, -0.2) is 0 Å². The number of aromatic nitrogens is 3. The van der Waals surface area contributed by atoms with Crippen molar-refractivity contribution < 1.29 is 0 Å². The Morgan fingerprint density at radius 3 is 1.80 bits per heavy atom. The molecule has 3 nitrogen and oxygen atoms in total. The number of hydrogen-bond donors (Lipinski definition) is 0. The molecule has 1 heterocycles. The molecule has 146 valence electrons. The van der Waals surface area contributed by atoms with Gasteiger partial charge in [-0.15, -0.1) is 10.2 Å². The van der Waals surface area contributed by atoms with Gasteiger partial charge in [-0.2, -0.15) is 0 Å². The zero-order valence-electron chi connectivity index (χ0n) is 17.1. The maximum atomic E-state index is 4.38. The van der Waals surface area contributed by atoms with Gasteiger partial charge in [0, 0.05) is 19.2 Å². The normalized spacial score (nSPS) is 11.3. The molecule has 0 saturated carbocycles. The standard InChI is InChI=1S/C21H41N3S/c1-4-6-8-10-11-12-13-14-15-17-19-25-21-23-22-20(24(21)3)18-16-9-7-5-2/h4-19H2,1-3H3. The Morgan fingerprint density at radius 2 is 1.20 bits per heavy atom. The van der Waals surface area contributed by atoms with E-state index in [-0.39, 0.29) is 0 Å². The highest BCUT2D eigenvalue weighted by molar-refractivity contribution is 7.99. The lowest BCUT2D eigenvalue weighted by molar-refractivity contribution is 0.563. The van der Waals surface area contributed by atoms with E-state index >= 15 is 0 Å². The molecule has 0 N–H and O–H groups in total. The van der Waals surface area contributed by atoms with Crippen LogP contribution < -0.4 is 0 Å². The van der Waals surface area contributed by atoms with Crippen molar-refractivity contribution in [1.82, 2.24) is 14.8 Å². The minimum absolute atomic E-state index is 1.07. The second kappa shape index (κ2) is 15.7. The van der Waals surface area contributed by atoms with Crippen molar-refractivity contribution >= 4 is 11.8 Å². The van der Waals surface area contributed by atoms with E-state index in [2.05, 4.69) is 35.7 Å². The number of hydrogen-bond acceptors (Lipinski definition) is 3. The Hall–Kier alpha value is -0.510. The lowest BCUT2D eigenvalue weighted by Gasteiger charge is -2.04. The Labute approximate surface area is 160 Å². The van der Waals surface area contributed by atoms with Crippen molar-refractivity contribution in [2.75, 3.05) is 5.75 Å². The molecule has 0 bridgehead atoms. The summed E-state index contributed by atoms with van der Waals surface area (Å²) in [5.41, 5.74) is 0. The Morgan fingerprint density at radius 1 is 0.680 bits per heavy atom. The first kappa shape index (κ1) is 22.5. The second-order valence-electron chi connectivity index (χ2n) is 7.30. The minimum atomic E-state index is 1.07. The molecule has 25 heavy (non-hydrogen) atoms. The third kappa shape index (κ3) is 10.9. The van der Waals surface area contributed by atoms with Crippen LogP contribution in [0.1, 0.15) is 110 Å². The third-order valence-corrected chi connectivity index (χ3v) is 6.01. The maximum Gasteiger partial charge on any atom is 0.190 e. The molecule has 0 fully saturated rings. The first-order valence-corrected chi connectivity index (χ1v) is 11.8. The van der Waals surface area contributed by atoms with Gasteiger partial charge in [0.25, 0.3) is 0 Å². The zero-order chi connectivity index (χ0) is 18.2. The first-order chi connectivity index (χ1) is 12.3. The quantitative estimate of drug-likeness (QED) is 0.220. The van der Waals surface area contributed by atoms with Gasteiger partial charge < -0.3 is 4.57 Å². The van der Waals surface area contributed by atoms with Gasteiger partial charge in [-0.05, 0) is 12.8 Å². The summed E-state index contributed by atoms with van der Waals surface area (Å²) in [6.45, 7) is 4.54. The molecule has 0 atom stereocenters. The number of nitrogens with zero attached hydrogens (tertiary/aromatic N) is 3. The predicted molar refractivity (Wildman–Crippen MR) is 111 cm³/mol. The van der Waals surface area contributed by atoms with Crippen LogP contribution in [0.2, 0.25) is 0 Å². The minimum Gasteiger partial charge on any atom is -0.309 e. The monoisotopic (exact) mass is 367 g/mol. The molecule has 1 aromatic rings. The largest absolute Gasteiger partial charge is 0.309 e. The maximum absolute atomic E-state index is 4.38. The fourth-order valence-electron chi connectivity index (χ4n) is 3.15. The van der Waals surface area contributed by atoms with Crippen molar-refractivity contribution in [2.24, 2.45) is 7.05 Å². The first-order valence-electron chi connectivity index (χ1n) is 10.8. The summed E-state index contributed by atoms with van der Waals surface area (Å²) < 4.78 is 2.20. The van der Waals surface area contributed by atoms with Crippen molar-refractivity contribution in [1.29, 1.82) is 0 Å². The molecule has 1 rings (SSSR count). The molecule has 4 heteroatoms. The van der Waals surface area contributed by atoms with E-state index in [9.17, 15) is 0 Å². The molecule has 1 aromatic heterocycles. The van der Waals surface area contributed by atoms with Crippen molar-refractivity contribution in [2.45, 2.75) is 115 Å². The molecule has 0 spiro atoms. The summed E-state index contributed by atoms with van der Waals surface area (Å²) >= 11 is 1.88. The van der Waals surface area contributed by atoms with E-state index in [0.29, 0.717) is 0 Å². The lowest BCUT2D eigenvalue weighted by Crippen LogP contribution is -1.99. The fraction of sp³-hybridized carbons (Fsp3) is 0.905. The summed E-state index contributed by atoms with van der Waals surface area (Å²) in [5, 5.41) is 9.85. The summed E-state index contributed by atoms with van der Waals surface area (Å²) in [4.78, 5) is 0. The average molecular weight is 368 g/mol. The highest BCUT2D eigenvalue weighted by Crippen LogP contribution is 2.19. The van der Waals surface area contributed by atoms with Crippen LogP contribution in [0.25, 0.3) is 0 Å². The Bertz CT molecular complexity index is 417. The van der Waals surface area contributed by atoms with Crippen LogP contribution in [-0.2, 0) is 13.5 Å². The molecular weight excluding hydrogens is 326 g/mol. The Balaban J connectivity index is 2.00. The number of rotatable bonds is 17. The van der Waals surface area contributed by atoms with Crippen molar-refractivity contribution in [3.05, 3.63) is 5.82 Å². The second-order valence-corrected chi connectivity index (χ2v) is 8.36. The Kier molecular flexibility index (Phi) is 14.2. The van der Waals surface area contributed by atoms with Gasteiger partial charge >= 0.3 is 0 Å². The molecule has 0 aliphatic heterocycles. The highest BCUT2D eigenvalue weighted by atomic mass is 32.2. The summed E-state index contributed by atoms with van der Waals surface area (Å²) in [6, 6.07) is 0. The summed E-state index contributed by atoms with van der Waals surface area (Å²) in [5.74, 6) is 2.33.